The van der Waals surface area contributed by atoms with Gasteiger partial charge in [0.1, 0.15) is 0 Å². The SMILES string of the molecule is CN=C(NCCc1ccccn1)NCCN1CCCS1(=O)=O. The van der Waals surface area contributed by atoms with Crippen LogP contribution in [0.5, 0.6) is 0 Å². The highest BCUT2D eigenvalue weighted by Gasteiger charge is 2.27. The largest absolute Gasteiger partial charge is 0.356 e. The molecule has 1 aromatic rings. The van der Waals surface area contributed by atoms with Gasteiger partial charge in [-0.1, -0.05) is 6.07 Å². The minimum atomic E-state index is -3.02. The third-order valence-corrected chi connectivity index (χ3v) is 5.44. The number of guanidine groups is 1. The maximum atomic E-state index is 11.7. The van der Waals surface area contributed by atoms with Crippen LogP contribution in [0.4, 0.5) is 0 Å². The van der Waals surface area contributed by atoms with Crippen molar-refractivity contribution in [1.29, 1.82) is 0 Å². The summed E-state index contributed by atoms with van der Waals surface area (Å²) in [7, 11) is -1.32. The van der Waals surface area contributed by atoms with Gasteiger partial charge in [-0.25, -0.2) is 12.7 Å². The Labute approximate surface area is 131 Å². The van der Waals surface area contributed by atoms with E-state index in [2.05, 4.69) is 20.6 Å². The Kier molecular flexibility index (Phi) is 6.14. The van der Waals surface area contributed by atoms with Crippen molar-refractivity contribution >= 4 is 16.0 Å². The Morgan fingerprint density at radius 2 is 2.18 bits per heavy atom. The van der Waals surface area contributed by atoms with E-state index in [9.17, 15) is 8.42 Å². The summed E-state index contributed by atoms with van der Waals surface area (Å²) in [6, 6.07) is 5.84. The standard InChI is InChI=1S/C14H23N5O2S/c1-15-14(17-8-6-13-5-2-3-7-16-13)18-9-11-19-10-4-12-22(19,20)21/h2-3,5,7H,4,6,8-12H2,1H3,(H2,15,17,18). The van der Waals surface area contributed by atoms with Crippen LogP contribution in [0.15, 0.2) is 29.4 Å². The van der Waals surface area contributed by atoms with E-state index in [0.717, 1.165) is 25.1 Å². The molecule has 0 aromatic carbocycles. The van der Waals surface area contributed by atoms with E-state index >= 15 is 0 Å². The van der Waals surface area contributed by atoms with Crippen molar-refractivity contribution < 1.29 is 8.42 Å². The molecule has 0 atom stereocenters. The summed E-state index contributed by atoms with van der Waals surface area (Å²) in [5.41, 5.74) is 1.02. The lowest BCUT2D eigenvalue weighted by Crippen LogP contribution is -2.42. The Morgan fingerprint density at radius 1 is 1.36 bits per heavy atom. The zero-order valence-electron chi connectivity index (χ0n) is 12.8. The lowest BCUT2D eigenvalue weighted by atomic mass is 10.3. The molecule has 0 spiro atoms. The fraction of sp³-hybridized carbons (Fsp3) is 0.571. The van der Waals surface area contributed by atoms with E-state index in [1.165, 1.54) is 4.31 Å². The molecule has 122 valence electrons. The minimum absolute atomic E-state index is 0.268. The highest BCUT2D eigenvalue weighted by atomic mass is 32.2. The number of hydrogen-bond acceptors (Lipinski definition) is 4. The van der Waals surface area contributed by atoms with Gasteiger partial charge in [0.25, 0.3) is 0 Å². The van der Waals surface area contributed by atoms with E-state index in [1.807, 2.05) is 18.2 Å². The smallest absolute Gasteiger partial charge is 0.214 e. The van der Waals surface area contributed by atoms with Gasteiger partial charge in [0, 0.05) is 51.5 Å². The molecule has 1 saturated heterocycles. The molecule has 1 aromatic heterocycles. The number of aliphatic imine (C=N–C) groups is 1. The van der Waals surface area contributed by atoms with Crippen LogP contribution < -0.4 is 10.6 Å². The summed E-state index contributed by atoms with van der Waals surface area (Å²) in [5, 5.41) is 6.33. The number of rotatable bonds is 6. The van der Waals surface area contributed by atoms with Crippen LogP contribution in [0.2, 0.25) is 0 Å². The Hall–Kier alpha value is -1.67. The topological polar surface area (TPSA) is 86.7 Å². The van der Waals surface area contributed by atoms with E-state index in [1.54, 1.807) is 13.2 Å². The molecule has 0 amide bonds. The number of nitrogens with one attached hydrogen (secondary N) is 2. The van der Waals surface area contributed by atoms with E-state index in [0.29, 0.717) is 25.6 Å². The maximum absolute atomic E-state index is 11.7. The van der Waals surface area contributed by atoms with Crippen molar-refractivity contribution in [2.75, 3.05) is 39.0 Å². The highest BCUT2D eigenvalue weighted by molar-refractivity contribution is 7.89. The zero-order chi connectivity index (χ0) is 15.8. The first-order valence-corrected chi connectivity index (χ1v) is 9.05. The predicted octanol–water partition coefficient (Wildman–Crippen LogP) is -0.175. The quantitative estimate of drug-likeness (QED) is 0.560. The minimum Gasteiger partial charge on any atom is -0.356 e. The summed E-state index contributed by atoms with van der Waals surface area (Å²) >= 11 is 0. The van der Waals surface area contributed by atoms with Gasteiger partial charge in [-0.2, -0.15) is 0 Å². The third-order valence-electron chi connectivity index (χ3n) is 3.48. The molecule has 7 nitrogen and oxygen atoms in total. The predicted molar refractivity (Wildman–Crippen MR) is 87.3 cm³/mol. The molecule has 0 unspecified atom stereocenters. The average molecular weight is 325 g/mol. The van der Waals surface area contributed by atoms with Crippen LogP contribution in [0.1, 0.15) is 12.1 Å². The first-order chi connectivity index (χ1) is 10.6. The summed E-state index contributed by atoms with van der Waals surface area (Å²) in [4.78, 5) is 8.38. The second-order valence-electron chi connectivity index (χ2n) is 5.07. The number of hydrogen-bond donors (Lipinski definition) is 2. The van der Waals surface area contributed by atoms with Gasteiger partial charge < -0.3 is 10.6 Å². The van der Waals surface area contributed by atoms with Crippen molar-refractivity contribution in [3.05, 3.63) is 30.1 Å². The maximum Gasteiger partial charge on any atom is 0.214 e. The molecule has 0 aliphatic carbocycles. The molecular weight excluding hydrogens is 302 g/mol. The van der Waals surface area contributed by atoms with Crippen LogP contribution >= 0.6 is 0 Å². The van der Waals surface area contributed by atoms with Gasteiger partial charge >= 0.3 is 0 Å². The molecule has 1 aliphatic rings. The lowest BCUT2D eigenvalue weighted by molar-refractivity contribution is 0.445. The fourth-order valence-electron chi connectivity index (χ4n) is 2.32. The normalized spacial score (nSPS) is 18.3. The summed E-state index contributed by atoms with van der Waals surface area (Å²) < 4.78 is 24.9. The molecule has 0 radical (unpaired) electrons. The van der Waals surface area contributed by atoms with Crippen LogP contribution in [-0.4, -0.2) is 62.6 Å². The van der Waals surface area contributed by atoms with Gasteiger partial charge in [-0.15, -0.1) is 0 Å². The number of pyridine rings is 1. The Morgan fingerprint density at radius 3 is 2.82 bits per heavy atom. The van der Waals surface area contributed by atoms with Gasteiger partial charge in [0.15, 0.2) is 5.96 Å². The summed E-state index contributed by atoms with van der Waals surface area (Å²) in [6.45, 7) is 2.36. The second kappa shape index (κ2) is 8.09. The zero-order valence-corrected chi connectivity index (χ0v) is 13.6. The van der Waals surface area contributed by atoms with Crippen molar-refractivity contribution in [1.82, 2.24) is 19.9 Å². The van der Waals surface area contributed by atoms with Gasteiger partial charge in [-0.3, -0.25) is 9.98 Å². The first kappa shape index (κ1) is 16.7. The van der Waals surface area contributed by atoms with Crippen molar-refractivity contribution in [3.8, 4) is 0 Å². The number of aromatic nitrogens is 1. The van der Waals surface area contributed by atoms with Crippen molar-refractivity contribution in [3.63, 3.8) is 0 Å². The Bertz CT molecular complexity index is 589. The molecular formula is C14H23N5O2S. The Balaban J connectivity index is 1.67. The first-order valence-electron chi connectivity index (χ1n) is 7.44. The molecule has 2 rings (SSSR count). The van der Waals surface area contributed by atoms with Crippen LogP contribution in [0.3, 0.4) is 0 Å². The average Bonchev–Trinajstić information content (AvgIpc) is 2.85. The van der Waals surface area contributed by atoms with E-state index in [-0.39, 0.29) is 5.75 Å². The molecule has 8 heteroatoms. The monoisotopic (exact) mass is 325 g/mol. The van der Waals surface area contributed by atoms with Crippen LogP contribution in [0, 0.1) is 0 Å². The van der Waals surface area contributed by atoms with Crippen molar-refractivity contribution in [2.24, 2.45) is 4.99 Å². The molecule has 2 N–H and O–H groups in total. The molecule has 22 heavy (non-hydrogen) atoms. The molecule has 1 fully saturated rings. The number of sulfonamides is 1. The van der Waals surface area contributed by atoms with Crippen molar-refractivity contribution in [2.45, 2.75) is 12.8 Å². The summed E-state index contributed by atoms with van der Waals surface area (Å²) in [6.07, 6.45) is 3.31. The molecule has 0 saturated carbocycles. The highest BCUT2D eigenvalue weighted by Crippen LogP contribution is 2.11. The number of nitrogens with zero attached hydrogens (tertiary/aromatic N) is 3. The fourth-order valence-corrected chi connectivity index (χ4v) is 3.85. The lowest BCUT2D eigenvalue weighted by Gasteiger charge is -2.16. The van der Waals surface area contributed by atoms with E-state index in [4.69, 9.17) is 0 Å². The van der Waals surface area contributed by atoms with Crippen LogP contribution in [-0.2, 0) is 16.4 Å². The second-order valence-corrected chi connectivity index (χ2v) is 7.15. The molecule has 2 heterocycles. The van der Waals surface area contributed by atoms with Gasteiger partial charge in [-0.05, 0) is 18.6 Å². The van der Waals surface area contributed by atoms with Gasteiger partial charge in [0.05, 0.1) is 5.75 Å². The van der Waals surface area contributed by atoms with Gasteiger partial charge in [0.2, 0.25) is 10.0 Å². The molecule has 1 aliphatic heterocycles. The van der Waals surface area contributed by atoms with Crippen LogP contribution in [0.25, 0.3) is 0 Å². The molecule has 0 bridgehead atoms. The third kappa shape index (κ3) is 4.96. The summed E-state index contributed by atoms with van der Waals surface area (Å²) in [5.74, 6) is 0.942. The van der Waals surface area contributed by atoms with E-state index < -0.39 is 10.0 Å².